The summed E-state index contributed by atoms with van der Waals surface area (Å²) in [6.45, 7) is 6.91. The van der Waals surface area contributed by atoms with E-state index in [4.69, 9.17) is 5.73 Å². The van der Waals surface area contributed by atoms with Gasteiger partial charge in [0.1, 0.15) is 5.82 Å². The molecule has 0 aliphatic heterocycles. The van der Waals surface area contributed by atoms with Crippen molar-refractivity contribution < 1.29 is 0 Å². The van der Waals surface area contributed by atoms with E-state index in [1.165, 1.54) is 0 Å². The van der Waals surface area contributed by atoms with Gasteiger partial charge in [-0.05, 0) is 0 Å². The van der Waals surface area contributed by atoms with E-state index in [1.54, 1.807) is 11.3 Å². The number of rotatable bonds is 1. The Morgan fingerprint density at radius 1 is 1.43 bits per heavy atom. The summed E-state index contributed by atoms with van der Waals surface area (Å²) < 4.78 is 2.06. The second-order valence-corrected chi connectivity index (χ2v) is 5.16. The first-order valence-corrected chi connectivity index (χ1v) is 5.44. The average Bonchev–Trinajstić information content (AvgIpc) is 2.59. The van der Waals surface area contributed by atoms with Gasteiger partial charge in [-0.15, -0.1) is 21.5 Å². The van der Waals surface area contributed by atoms with Crippen LogP contribution in [0.25, 0.3) is 4.96 Å². The molecule has 76 valence electrons. The highest BCUT2D eigenvalue weighted by Gasteiger charge is 2.22. The highest BCUT2D eigenvalue weighted by Crippen LogP contribution is 2.24. The van der Waals surface area contributed by atoms with Gasteiger partial charge in [0.2, 0.25) is 4.96 Å². The lowest BCUT2D eigenvalue weighted by Gasteiger charge is -2.15. The summed E-state index contributed by atoms with van der Waals surface area (Å²) in [5.74, 6) is 0.981. The average molecular weight is 210 g/mol. The molecule has 2 aromatic heterocycles. The molecule has 0 spiro atoms. The number of nitrogens with two attached hydrogens (primary N) is 1. The van der Waals surface area contributed by atoms with Crippen LogP contribution in [0.1, 0.15) is 32.3 Å². The molecule has 0 saturated heterocycles. The van der Waals surface area contributed by atoms with Crippen molar-refractivity contribution >= 4 is 16.3 Å². The minimum Gasteiger partial charge on any atom is -0.325 e. The highest BCUT2D eigenvalue weighted by atomic mass is 32.1. The van der Waals surface area contributed by atoms with Gasteiger partial charge >= 0.3 is 0 Å². The van der Waals surface area contributed by atoms with Crippen LogP contribution in [-0.2, 0) is 12.0 Å². The van der Waals surface area contributed by atoms with Gasteiger partial charge in [-0.25, -0.2) is 0 Å². The zero-order valence-electron chi connectivity index (χ0n) is 8.61. The van der Waals surface area contributed by atoms with Gasteiger partial charge in [0.15, 0.2) is 0 Å². The maximum atomic E-state index is 5.66. The molecule has 0 fully saturated rings. The zero-order valence-corrected chi connectivity index (χ0v) is 9.43. The van der Waals surface area contributed by atoms with Crippen molar-refractivity contribution in [1.29, 1.82) is 0 Å². The Bertz CT molecular complexity index is 449. The Hall–Kier alpha value is -0.940. The first-order valence-electron chi connectivity index (χ1n) is 4.56. The van der Waals surface area contributed by atoms with Gasteiger partial charge in [0, 0.05) is 17.3 Å². The molecular formula is C9H14N4S. The lowest BCUT2D eigenvalue weighted by Crippen LogP contribution is -2.17. The Labute approximate surface area is 86.8 Å². The normalized spacial score (nSPS) is 12.6. The van der Waals surface area contributed by atoms with Crippen LogP contribution in [-0.4, -0.2) is 14.6 Å². The molecule has 0 aliphatic carbocycles. The summed E-state index contributed by atoms with van der Waals surface area (Å²) >= 11 is 1.58. The lowest BCUT2D eigenvalue weighted by atomic mass is 9.96. The number of fused-ring (bicyclic) bond motifs is 1. The number of nitrogens with zero attached hydrogens (tertiary/aromatic N) is 3. The predicted octanol–water partition coefficient (Wildman–Crippen LogP) is 1.55. The second-order valence-electron chi connectivity index (χ2n) is 4.32. The zero-order chi connectivity index (χ0) is 10.3. The fourth-order valence-electron chi connectivity index (χ4n) is 1.40. The Morgan fingerprint density at radius 2 is 2.14 bits per heavy atom. The molecule has 2 heterocycles. The number of hydrogen-bond acceptors (Lipinski definition) is 4. The van der Waals surface area contributed by atoms with Gasteiger partial charge in [-0.3, -0.25) is 4.40 Å². The van der Waals surface area contributed by atoms with Crippen LogP contribution < -0.4 is 5.73 Å². The summed E-state index contributed by atoms with van der Waals surface area (Å²) in [4.78, 5) is 0.926. The van der Waals surface area contributed by atoms with Crippen molar-refractivity contribution in [2.24, 2.45) is 5.73 Å². The van der Waals surface area contributed by atoms with Gasteiger partial charge in [-0.1, -0.05) is 20.8 Å². The van der Waals surface area contributed by atoms with E-state index in [2.05, 4.69) is 35.4 Å². The van der Waals surface area contributed by atoms with Crippen molar-refractivity contribution in [1.82, 2.24) is 14.6 Å². The monoisotopic (exact) mass is 210 g/mol. The molecule has 5 heteroatoms. The van der Waals surface area contributed by atoms with Crippen LogP contribution in [0, 0.1) is 0 Å². The van der Waals surface area contributed by atoms with E-state index < -0.39 is 0 Å². The quantitative estimate of drug-likeness (QED) is 0.777. The fourth-order valence-corrected chi connectivity index (χ4v) is 2.24. The van der Waals surface area contributed by atoms with Crippen LogP contribution in [0.15, 0.2) is 5.38 Å². The van der Waals surface area contributed by atoms with E-state index in [0.29, 0.717) is 6.54 Å². The molecular weight excluding hydrogens is 196 g/mol. The minimum absolute atomic E-state index is 0.00438. The summed E-state index contributed by atoms with van der Waals surface area (Å²) in [5, 5.41) is 10.4. The second kappa shape index (κ2) is 3.03. The molecule has 0 radical (unpaired) electrons. The van der Waals surface area contributed by atoms with Crippen LogP contribution in [0.2, 0.25) is 0 Å². The molecule has 2 rings (SSSR count). The molecule has 0 atom stereocenters. The van der Waals surface area contributed by atoms with E-state index in [1.807, 2.05) is 5.38 Å². The summed E-state index contributed by atoms with van der Waals surface area (Å²) in [6.07, 6.45) is 0. The number of aromatic nitrogens is 3. The Balaban J connectivity index is 2.71. The summed E-state index contributed by atoms with van der Waals surface area (Å²) in [5.41, 5.74) is 6.75. The van der Waals surface area contributed by atoms with Gasteiger partial charge in [0.25, 0.3) is 0 Å². The molecule has 0 unspecified atom stereocenters. The van der Waals surface area contributed by atoms with Crippen LogP contribution >= 0.6 is 11.3 Å². The van der Waals surface area contributed by atoms with Crippen molar-refractivity contribution in [3.8, 4) is 0 Å². The third-order valence-corrected chi connectivity index (χ3v) is 2.97. The van der Waals surface area contributed by atoms with Crippen molar-refractivity contribution in [2.45, 2.75) is 32.7 Å². The topological polar surface area (TPSA) is 56.2 Å². The van der Waals surface area contributed by atoms with Crippen molar-refractivity contribution in [2.75, 3.05) is 0 Å². The maximum absolute atomic E-state index is 5.66. The van der Waals surface area contributed by atoms with E-state index in [9.17, 15) is 0 Å². The summed E-state index contributed by atoms with van der Waals surface area (Å²) in [6, 6.07) is 0. The van der Waals surface area contributed by atoms with Crippen molar-refractivity contribution in [3.05, 3.63) is 16.9 Å². The van der Waals surface area contributed by atoms with Crippen LogP contribution in [0.5, 0.6) is 0 Å². The number of thiazole rings is 1. The lowest BCUT2D eigenvalue weighted by molar-refractivity contribution is 0.535. The molecule has 0 amide bonds. The fraction of sp³-hybridized carbons (Fsp3) is 0.556. The molecule has 2 N–H and O–H groups in total. The van der Waals surface area contributed by atoms with Gasteiger partial charge in [-0.2, -0.15) is 0 Å². The molecule has 0 aliphatic rings. The highest BCUT2D eigenvalue weighted by molar-refractivity contribution is 7.15. The SMILES string of the molecule is CC(C)(C)c1nnc2scc(CN)n12. The van der Waals surface area contributed by atoms with Crippen LogP contribution in [0.3, 0.4) is 0 Å². The molecule has 14 heavy (non-hydrogen) atoms. The summed E-state index contributed by atoms with van der Waals surface area (Å²) in [7, 11) is 0. The third kappa shape index (κ3) is 1.33. The van der Waals surface area contributed by atoms with Gasteiger partial charge < -0.3 is 5.73 Å². The van der Waals surface area contributed by atoms with E-state index >= 15 is 0 Å². The largest absolute Gasteiger partial charge is 0.325 e. The van der Waals surface area contributed by atoms with E-state index in [0.717, 1.165) is 16.5 Å². The molecule has 0 aromatic carbocycles. The smallest absolute Gasteiger partial charge is 0.216 e. The Morgan fingerprint density at radius 3 is 2.71 bits per heavy atom. The maximum Gasteiger partial charge on any atom is 0.216 e. The standard InChI is InChI=1S/C9H14N4S/c1-9(2,3)7-11-12-8-13(7)6(4-10)5-14-8/h5H,4,10H2,1-3H3. The number of hydrogen-bond donors (Lipinski definition) is 1. The minimum atomic E-state index is 0.00438. The third-order valence-electron chi connectivity index (χ3n) is 2.10. The molecule has 4 nitrogen and oxygen atoms in total. The molecule has 0 saturated carbocycles. The first-order chi connectivity index (χ1) is 6.54. The van der Waals surface area contributed by atoms with Crippen LogP contribution in [0.4, 0.5) is 0 Å². The van der Waals surface area contributed by atoms with Crippen molar-refractivity contribution in [3.63, 3.8) is 0 Å². The predicted molar refractivity (Wildman–Crippen MR) is 57.5 cm³/mol. The Kier molecular flexibility index (Phi) is 2.08. The molecule has 0 bridgehead atoms. The van der Waals surface area contributed by atoms with E-state index in [-0.39, 0.29) is 5.41 Å². The first kappa shape index (κ1) is 9.61. The molecule has 2 aromatic rings. The van der Waals surface area contributed by atoms with Gasteiger partial charge in [0.05, 0.1) is 5.69 Å².